The maximum absolute atomic E-state index is 13.2. The first-order valence-electron chi connectivity index (χ1n) is 11.2. The minimum absolute atomic E-state index is 0.138. The number of aromatic hydroxyl groups is 1. The molecule has 5 rings (SSSR count). The van der Waals surface area contributed by atoms with Gasteiger partial charge in [-0.2, -0.15) is 18.1 Å². The van der Waals surface area contributed by atoms with Crippen LogP contribution in [0.3, 0.4) is 0 Å². The zero-order valence-corrected chi connectivity index (χ0v) is 21.1. The molecule has 4 N–H and O–H groups in total. The number of nitrogens with two attached hydrogens (primary N) is 1. The molecule has 0 bridgehead atoms. The van der Waals surface area contributed by atoms with Gasteiger partial charge in [0.25, 0.3) is 5.91 Å². The van der Waals surface area contributed by atoms with E-state index in [0.29, 0.717) is 16.2 Å². The molecule has 15 heteroatoms. The number of thiazole rings is 1. The van der Waals surface area contributed by atoms with Gasteiger partial charge in [0.05, 0.1) is 16.5 Å². The smallest absolute Gasteiger partial charge is 0.416 e. The Morgan fingerprint density at radius 2 is 1.77 bits per heavy atom. The van der Waals surface area contributed by atoms with E-state index in [1.165, 1.54) is 24.3 Å². The minimum Gasteiger partial charge on any atom is -0.508 e. The van der Waals surface area contributed by atoms with Gasteiger partial charge in [0.15, 0.2) is 0 Å². The number of benzene rings is 2. The number of phenols is 1. The van der Waals surface area contributed by atoms with Crippen molar-refractivity contribution in [3.8, 4) is 5.75 Å². The van der Waals surface area contributed by atoms with Gasteiger partial charge in [-0.25, -0.2) is 4.79 Å². The average molecular weight is 579 g/mol. The molecule has 39 heavy (non-hydrogen) atoms. The fourth-order valence-electron chi connectivity index (χ4n) is 4.68. The van der Waals surface area contributed by atoms with Gasteiger partial charge in [0.2, 0.25) is 11.8 Å². The Morgan fingerprint density at radius 3 is 2.44 bits per heavy atom. The lowest BCUT2D eigenvalue weighted by molar-refractivity contribution is -0.138. The Labute approximate surface area is 225 Å². The standard InChI is InChI=1S/C24H17F3N4O6S2/c25-24(26,27)10-4-3-5-11(8-10)29-14(33)9-30-21-18(39-23(30)37)15(12-6-1-2-7-13(12)32)16-17(38-21)20(35)31(19(16)34)22(28)36/h1-8,15-17,32H,9H2,(H2,28,36)(H,29,33). The van der Waals surface area contributed by atoms with Crippen LogP contribution in [0.4, 0.5) is 23.7 Å². The van der Waals surface area contributed by atoms with E-state index in [2.05, 4.69) is 5.32 Å². The molecule has 3 heterocycles. The van der Waals surface area contributed by atoms with E-state index in [1.807, 2.05) is 0 Å². The number of phenolic OH excluding ortho intramolecular Hbond substituents is 1. The van der Waals surface area contributed by atoms with Crippen molar-refractivity contribution in [3.05, 3.63) is 74.2 Å². The summed E-state index contributed by atoms with van der Waals surface area (Å²) in [5, 5.41) is 11.9. The Hall–Kier alpha value is -4.11. The minimum atomic E-state index is -4.63. The van der Waals surface area contributed by atoms with Crippen LogP contribution in [0.2, 0.25) is 0 Å². The molecule has 0 spiro atoms. The van der Waals surface area contributed by atoms with Crippen LogP contribution in [0.5, 0.6) is 5.75 Å². The third-order valence-electron chi connectivity index (χ3n) is 6.32. The average Bonchev–Trinajstić information content (AvgIpc) is 3.30. The summed E-state index contributed by atoms with van der Waals surface area (Å²) in [5.74, 6) is -4.98. The first-order valence-corrected chi connectivity index (χ1v) is 12.9. The first kappa shape index (κ1) is 26.5. The maximum Gasteiger partial charge on any atom is 0.416 e. The van der Waals surface area contributed by atoms with Crippen molar-refractivity contribution in [2.75, 3.05) is 5.32 Å². The van der Waals surface area contributed by atoms with Crippen molar-refractivity contribution >= 4 is 52.5 Å². The quantitative estimate of drug-likeness (QED) is 0.403. The molecule has 0 radical (unpaired) electrons. The van der Waals surface area contributed by atoms with Crippen molar-refractivity contribution in [2.24, 2.45) is 11.7 Å². The Balaban J connectivity index is 1.54. The van der Waals surface area contributed by atoms with Gasteiger partial charge in [-0.05, 0) is 24.3 Å². The molecule has 1 aromatic heterocycles. The second-order valence-corrected chi connectivity index (χ2v) is 10.8. The third-order valence-corrected chi connectivity index (χ3v) is 8.92. The molecular formula is C24H17F3N4O6S2. The van der Waals surface area contributed by atoms with Gasteiger partial charge in [-0.3, -0.25) is 23.7 Å². The number of amides is 5. The largest absolute Gasteiger partial charge is 0.508 e. The van der Waals surface area contributed by atoms with Gasteiger partial charge in [-0.1, -0.05) is 47.4 Å². The topological polar surface area (TPSA) is 152 Å². The van der Waals surface area contributed by atoms with Crippen molar-refractivity contribution < 1.29 is 37.5 Å². The monoisotopic (exact) mass is 578 g/mol. The predicted octanol–water partition coefficient (Wildman–Crippen LogP) is 2.94. The molecule has 10 nitrogen and oxygen atoms in total. The number of carbonyl (C=O) groups excluding carboxylic acids is 4. The normalized spacial score (nSPS) is 20.5. The zero-order valence-electron chi connectivity index (χ0n) is 19.5. The number of hydrogen-bond donors (Lipinski definition) is 3. The summed E-state index contributed by atoms with van der Waals surface area (Å²) in [7, 11) is 0. The number of imide groups is 3. The van der Waals surface area contributed by atoms with Crippen LogP contribution in [0.1, 0.15) is 21.9 Å². The van der Waals surface area contributed by atoms with E-state index >= 15 is 0 Å². The van der Waals surface area contributed by atoms with Crippen LogP contribution in [-0.4, -0.2) is 43.6 Å². The summed E-state index contributed by atoms with van der Waals surface area (Å²) >= 11 is 1.50. The summed E-state index contributed by atoms with van der Waals surface area (Å²) < 4.78 is 40.2. The summed E-state index contributed by atoms with van der Waals surface area (Å²) in [4.78, 5) is 63.8. The first-order chi connectivity index (χ1) is 18.4. The highest BCUT2D eigenvalue weighted by atomic mass is 32.2. The number of thioether (sulfide) groups is 1. The molecule has 0 saturated carbocycles. The number of anilines is 1. The SMILES string of the molecule is NC(=O)N1C(=O)C2Sc3c(sc(=O)n3CC(=O)Nc3cccc(C(F)(F)F)c3)C(c3ccccc3O)C2C1=O. The van der Waals surface area contributed by atoms with Crippen LogP contribution < -0.4 is 15.9 Å². The number of likely N-dealkylation sites (tertiary alicyclic amines) is 1. The van der Waals surface area contributed by atoms with Gasteiger partial charge in [0, 0.05) is 22.0 Å². The predicted molar refractivity (Wildman–Crippen MR) is 133 cm³/mol. The molecule has 2 aromatic carbocycles. The Bertz CT molecular complexity index is 1600. The van der Waals surface area contributed by atoms with Crippen molar-refractivity contribution in [1.82, 2.24) is 9.47 Å². The summed E-state index contributed by atoms with van der Waals surface area (Å²) in [6, 6.07) is 8.70. The summed E-state index contributed by atoms with van der Waals surface area (Å²) in [6.45, 7) is -0.611. The van der Waals surface area contributed by atoms with Crippen LogP contribution in [0, 0.1) is 5.92 Å². The number of nitrogens with one attached hydrogen (secondary N) is 1. The fraction of sp³-hybridized carbons (Fsp3) is 0.208. The molecule has 0 aliphatic carbocycles. The molecule has 2 aliphatic rings. The molecule has 2 aliphatic heterocycles. The highest BCUT2D eigenvalue weighted by Gasteiger charge is 2.58. The highest BCUT2D eigenvalue weighted by Crippen LogP contribution is 2.54. The lowest BCUT2D eigenvalue weighted by Crippen LogP contribution is -2.41. The number of halogens is 3. The maximum atomic E-state index is 13.2. The number of alkyl halides is 3. The van der Waals surface area contributed by atoms with Crippen LogP contribution in [0.15, 0.2) is 58.4 Å². The van der Waals surface area contributed by atoms with Crippen molar-refractivity contribution in [1.29, 1.82) is 0 Å². The number of hydrogen-bond acceptors (Lipinski definition) is 8. The number of primary amides is 1. The van der Waals surface area contributed by atoms with Crippen LogP contribution in [-0.2, 0) is 27.1 Å². The van der Waals surface area contributed by atoms with Gasteiger partial charge in [-0.15, -0.1) is 0 Å². The Kier molecular flexibility index (Phi) is 6.50. The van der Waals surface area contributed by atoms with Gasteiger partial charge < -0.3 is 16.2 Å². The number of carbonyl (C=O) groups is 4. The van der Waals surface area contributed by atoms with E-state index in [0.717, 1.165) is 34.5 Å². The van der Waals surface area contributed by atoms with Crippen LogP contribution in [0.25, 0.3) is 0 Å². The highest BCUT2D eigenvalue weighted by molar-refractivity contribution is 8.00. The zero-order chi connectivity index (χ0) is 28.2. The van der Waals surface area contributed by atoms with E-state index in [9.17, 15) is 42.3 Å². The molecule has 1 fully saturated rings. The molecule has 3 unspecified atom stereocenters. The number of nitrogens with zero attached hydrogens (tertiary/aromatic N) is 2. The van der Waals surface area contributed by atoms with E-state index in [1.54, 1.807) is 6.07 Å². The van der Waals surface area contributed by atoms with Gasteiger partial charge >= 0.3 is 17.1 Å². The molecule has 3 atom stereocenters. The second kappa shape index (κ2) is 9.57. The molecule has 1 saturated heterocycles. The van der Waals surface area contributed by atoms with Crippen LogP contribution >= 0.6 is 23.1 Å². The third kappa shape index (κ3) is 4.57. The molecule has 202 valence electrons. The van der Waals surface area contributed by atoms with E-state index in [-0.39, 0.29) is 26.9 Å². The number of urea groups is 1. The lowest BCUT2D eigenvalue weighted by Gasteiger charge is -2.31. The number of para-hydroxylation sites is 1. The second-order valence-electron chi connectivity index (χ2n) is 8.70. The number of fused-ring (bicyclic) bond motifs is 2. The summed E-state index contributed by atoms with van der Waals surface area (Å²) in [6.07, 6.45) is -4.63. The number of aromatic nitrogens is 1. The van der Waals surface area contributed by atoms with E-state index in [4.69, 9.17) is 5.73 Å². The van der Waals surface area contributed by atoms with Crippen molar-refractivity contribution in [3.63, 3.8) is 0 Å². The Morgan fingerprint density at radius 1 is 1.05 bits per heavy atom. The molecule has 3 aromatic rings. The molecule has 5 amide bonds. The fourth-order valence-corrected chi connectivity index (χ4v) is 7.44. The van der Waals surface area contributed by atoms with E-state index < -0.39 is 64.0 Å². The van der Waals surface area contributed by atoms with Gasteiger partial charge in [0.1, 0.15) is 17.5 Å². The summed E-state index contributed by atoms with van der Waals surface area (Å²) in [5.41, 5.74) is 4.38. The lowest BCUT2D eigenvalue weighted by atomic mass is 9.82. The number of rotatable bonds is 4. The molecular weight excluding hydrogens is 561 g/mol. The van der Waals surface area contributed by atoms with Crippen molar-refractivity contribution in [2.45, 2.75) is 28.9 Å².